The van der Waals surface area contributed by atoms with Gasteiger partial charge in [-0.25, -0.2) is 8.42 Å². The van der Waals surface area contributed by atoms with E-state index < -0.39 is 21.6 Å². The zero-order chi connectivity index (χ0) is 24.5. The van der Waals surface area contributed by atoms with E-state index in [2.05, 4.69) is 15.6 Å². The number of amides is 1. The van der Waals surface area contributed by atoms with Crippen LogP contribution in [0.15, 0.2) is 47.5 Å². The van der Waals surface area contributed by atoms with E-state index in [1.54, 1.807) is 18.2 Å². The first-order valence-electron chi connectivity index (χ1n) is 10.4. The van der Waals surface area contributed by atoms with Gasteiger partial charge in [-0.3, -0.25) is 9.79 Å². The Balaban J connectivity index is 1.31. The van der Waals surface area contributed by atoms with Gasteiger partial charge >= 0.3 is 6.18 Å². The van der Waals surface area contributed by atoms with Crippen molar-refractivity contribution in [3.8, 4) is 5.75 Å². The molecule has 2 aliphatic heterocycles. The van der Waals surface area contributed by atoms with Gasteiger partial charge in [-0.1, -0.05) is 23.9 Å². The maximum absolute atomic E-state index is 12.8. The SMILES string of the molecule is Cc1ccc(C(=O)NCCOc2cccc(C(F)(F)F)c2)cc1NC1=N[C@H]2CS(=O)(=O)C[C@@H]2S1. The molecule has 2 atom stereocenters. The molecule has 12 heteroatoms. The van der Waals surface area contributed by atoms with Gasteiger partial charge in [0.25, 0.3) is 5.91 Å². The first-order chi connectivity index (χ1) is 16.0. The van der Waals surface area contributed by atoms with Gasteiger partial charge in [0.15, 0.2) is 15.0 Å². The Bertz CT molecular complexity index is 1230. The third-order valence-electron chi connectivity index (χ3n) is 5.38. The smallest absolute Gasteiger partial charge is 0.416 e. The number of benzene rings is 2. The minimum atomic E-state index is -4.45. The average molecular weight is 514 g/mol. The predicted molar refractivity (Wildman–Crippen MR) is 125 cm³/mol. The predicted octanol–water partition coefficient (Wildman–Crippen LogP) is 3.50. The summed E-state index contributed by atoms with van der Waals surface area (Å²) >= 11 is 1.39. The van der Waals surface area contributed by atoms with Gasteiger partial charge < -0.3 is 15.4 Å². The van der Waals surface area contributed by atoms with Crippen LogP contribution in [0.5, 0.6) is 5.75 Å². The van der Waals surface area contributed by atoms with Crippen LogP contribution in [0.4, 0.5) is 18.9 Å². The topological polar surface area (TPSA) is 96.9 Å². The van der Waals surface area contributed by atoms with Crippen LogP contribution in [-0.2, 0) is 16.0 Å². The number of fused-ring (bicyclic) bond motifs is 1. The number of anilines is 1. The Morgan fingerprint density at radius 3 is 2.74 bits per heavy atom. The van der Waals surface area contributed by atoms with E-state index in [1.165, 1.54) is 23.9 Å². The van der Waals surface area contributed by atoms with E-state index in [4.69, 9.17) is 4.74 Å². The van der Waals surface area contributed by atoms with Crippen LogP contribution in [0.1, 0.15) is 21.5 Å². The fourth-order valence-electron chi connectivity index (χ4n) is 3.63. The molecule has 1 saturated heterocycles. The Morgan fingerprint density at radius 2 is 2.00 bits per heavy atom. The third kappa shape index (κ3) is 5.84. The number of rotatable bonds is 6. The van der Waals surface area contributed by atoms with E-state index in [1.807, 2.05) is 6.92 Å². The second kappa shape index (κ2) is 9.49. The number of hydrogen-bond donors (Lipinski definition) is 2. The van der Waals surface area contributed by atoms with E-state index >= 15 is 0 Å². The standard InChI is InChI=1S/C22H22F3N3O4S2/c1-13-5-6-14(9-17(13)27-21-28-18-11-34(30,31)12-19(18)33-21)20(29)26-7-8-32-16-4-2-3-15(10-16)22(23,24)25/h2-6,9-10,18-19H,7-8,11-12H2,1H3,(H,26,29)(H,27,28)/t18-,19-/m0/s1. The van der Waals surface area contributed by atoms with Crippen LogP contribution < -0.4 is 15.4 Å². The molecule has 0 spiro atoms. The highest BCUT2D eigenvalue weighted by Crippen LogP contribution is 2.35. The lowest BCUT2D eigenvalue weighted by Gasteiger charge is -2.13. The minimum absolute atomic E-state index is 0.00312. The molecule has 7 nitrogen and oxygen atoms in total. The van der Waals surface area contributed by atoms with Crippen LogP contribution in [-0.4, -0.2) is 55.4 Å². The summed E-state index contributed by atoms with van der Waals surface area (Å²) in [5.41, 5.74) is 1.15. The number of aliphatic imine (C=N–C) groups is 1. The minimum Gasteiger partial charge on any atom is -0.492 e. The summed E-state index contributed by atoms with van der Waals surface area (Å²) in [7, 11) is -3.03. The van der Waals surface area contributed by atoms with Gasteiger partial charge in [-0.05, 0) is 42.8 Å². The molecule has 0 saturated carbocycles. The van der Waals surface area contributed by atoms with Crippen molar-refractivity contribution in [2.24, 2.45) is 4.99 Å². The van der Waals surface area contributed by atoms with Crippen molar-refractivity contribution in [2.75, 3.05) is 30.0 Å². The lowest BCUT2D eigenvalue weighted by Crippen LogP contribution is -2.28. The van der Waals surface area contributed by atoms with E-state index in [0.717, 1.165) is 17.7 Å². The normalized spacial score (nSPS) is 21.0. The Kier molecular flexibility index (Phi) is 6.81. The number of amidine groups is 1. The molecule has 2 aromatic carbocycles. The maximum Gasteiger partial charge on any atom is 0.416 e. The highest BCUT2D eigenvalue weighted by molar-refractivity contribution is 8.15. The quantitative estimate of drug-likeness (QED) is 0.574. The first-order valence-corrected chi connectivity index (χ1v) is 13.1. The highest BCUT2D eigenvalue weighted by Gasteiger charge is 2.42. The van der Waals surface area contributed by atoms with Gasteiger partial charge in [0.2, 0.25) is 0 Å². The molecule has 4 rings (SSSR count). The lowest BCUT2D eigenvalue weighted by molar-refractivity contribution is -0.137. The van der Waals surface area contributed by atoms with Crippen LogP contribution in [0.25, 0.3) is 0 Å². The number of carbonyl (C=O) groups is 1. The van der Waals surface area contributed by atoms with Crippen LogP contribution in [0.2, 0.25) is 0 Å². The van der Waals surface area contributed by atoms with Gasteiger partial charge in [-0.15, -0.1) is 0 Å². The molecule has 182 valence electrons. The van der Waals surface area contributed by atoms with Crippen molar-refractivity contribution in [3.63, 3.8) is 0 Å². The molecule has 0 aromatic heterocycles. The zero-order valence-corrected chi connectivity index (χ0v) is 19.7. The molecule has 1 amide bonds. The number of halogens is 3. The molecule has 0 bridgehead atoms. The number of ether oxygens (including phenoxy) is 1. The Hall–Kier alpha value is -2.73. The second-order valence-electron chi connectivity index (χ2n) is 8.02. The van der Waals surface area contributed by atoms with Crippen LogP contribution in [0.3, 0.4) is 0 Å². The third-order valence-corrected chi connectivity index (χ3v) is 8.52. The van der Waals surface area contributed by atoms with Crippen molar-refractivity contribution in [1.29, 1.82) is 0 Å². The number of nitrogens with zero attached hydrogens (tertiary/aromatic N) is 1. The summed E-state index contributed by atoms with van der Waals surface area (Å²) in [6.45, 7) is 1.98. The highest BCUT2D eigenvalue weighted by atomic mass is 32.2. The average Bonchev–Trinajstić information content (AvgIpc) is 3.24. The number of nitrogens with one attached hydrogen (secondary N) is 2. The molecule has 34 heavy (non-hydrogen) atoms. The van der Waals surface area contributed by atoms with Gasteiger partial charge in [0.1, 0.15) is 12.4 Å². The summed E-state index contributed by atoms with van der Waals surface area (Å²) in [6.07, 6.45) is -4.45. The number of thioether (sulfide) groups is 1. The zero-order valence-electron chi connectivity index (χ0n) is 18.1. The van der Waals surface area contributed by atoms with Crippen LogP contribution in [0, 0.1) is 6.92 Å². The lowest BCUT2D eigenvalue weighted by atomic mass is 10.1. The summed E-state index contributed by atoms with van der Waals surface area (Å²) in [5, 5.41) is 6.41. The number of carbonyl (C=O) groups excluding carboxylic acids is 1. The number of sulfone groups is 1. The summed E-state index contributed by atoms with van der Waals surface area (Å²) in [6, 6.07) is 9.41. The molecule has 0 aliphatic carbocycles. The molecule has 1 fully saturated rings. The summed E-state index contributed by atoms with van der Waals surface area (Å²) in [4.78, 5) is 17.0. The van der Waals surface area contributed by atoms with Gasteiger partial charge in [-0.2, -0.15) is 13.2 Å². The number of hydrogen-bond acceptors (Lipinski definition) is 7. The largest absolute Gasteiger partial charge is 0.492 e. The fraction of sp³-hybridized carbons (Fsp3) is 0.364. The molecule has 2 N–H and O–H groups in total. The van der Waals surface area contributed by atoms with Crippen molar-refractivity contribution in [3.05, 3.63) is 59.2 Å². The van der Waals surface area contributed by atoms with Crippen molar-refractivity contribution in [1.82, 2.24) is 5.32 Å². The van der Waals surface area contributed by atoms with E-state index in [0.29, 0.717) is 16.4 Å². The molecule has 2 aliphatic rings. The second-order valence-corrected chi connectivity index (χ2v) is 11.4. The molecule has 0 radical (unpaired) electrons. The van der Waals surface area contributed by atoms with E-state index in [9.17, 15) is 26.4 Å². The molecule has 2 heterocycles. The molecular weight excluding hydrogens is 491 g/mol. The van der Waals surface area contributed by atoms with Gasteiger partial charge in [0.05, 0.1) is 29.7 Å². The molecule has 2 aromatic rings. The molecular formula is C22H22F3N3O4S2. The maximum atomic E-state index is 12.8. The Labute approximate surface area is 199 Å². The van der Waals surface area contributed by atoms with Crippen LogP contribution >= 0.6 is 11.8 Å². The van der Waals surface area contributed by atoms with E-state index in [-0.39, 0.29) is 47.6 Å². The molecule has 0 unspecified atom stereocenters. The monoisotopic (exact) mass is 513 g/mol. The van der Waals surface area contributed by atoms with Crippen molar-refractivity contribution < 1.29 is 31.1 Å². The summed E-state index contributed by atoms with van der Waals surface area (Å²) in [5.74, 6) is -0.126. The first kappa shape index (κ1) is 24.4. The van der Waals surface area contributed by atoms with Gasteiger partial charge in [0, 0.05) is 16.5 Å². The van der Waals surface area contributed by atoms with Crippen molar-refractivity contribution in [2.45, 2.75) is 24.4 Å². The van der Waals surface area contributed by atoms with Crippen molar-refractivity contribution >= 4 is 38.4 Å². The fourth-order valence-corrected chi connectivity index (χ4v) is 7.29. The summed E-state index contributed by atoms with van der Waals surface area (Å²) < 4.78 is 67.1. The number of alkyl halides is 3. The Morgan fingerprint density at radius 1 is 1.21 bits per heavy atom. The number of aryl methyl sites for hydroxylation is 1.